The summed E-state index contributed by atoms with van der Waals surface area (Å²) in [6.45, 7) is 5.24. The maximum absolute atomic E-state index is 12.5. The highest BCUT2D eigenvalue weighted by atomic mass is 32.2. The number of ketones is 1. The van der Waals surface area contributed by atoms with Gasteiger partial charge in [0.15, 0.2) is 11.5 Å². The van der Waals surface area contributed by atoms with E-state index in [1.54, 1.807) is 0 Å². The summed E-state index contributed by atoms with van der Waals surface area (Å²) in [6.07, 6.45) is 2.86. The van der Waals surface area contributed by atoms with Crippen molar-refractivity contribution in [3.63, 3.8) is 0 Å². The standard InChI is InChI=1S/C20H20O3S/c1-3-11-23-16-10-9-14(12-17(16)22-4-2)13-19-20(21)15-7-5-6-8-18(15)24-19/h5-10,12-13H,3-4,11H2,1-2H3/b19-13+. The van der Waals surface area contributed by atoms with Crippen molar-refractivity contribution >= 4 is 23.6 Å². The van der Waals surface area contributed by atoms with Crippen LogP contribution in [0, 0.1) is 0 Å². The molecule has 0 saturated carbocycles. The number of Topliss-reactive ketones (excluding diaryl/α,β-unsaturated/α-hetero) is 1. The number of thioether (sulfide) groups is 1. The molecule has 3 rings (SSSR count). The van der Waals surface area contributed by atoms with Crippen molar-refractivity contribution in [2.75, 3.05) is 13.2 Å². The molecule has 0 aromatic heterocycles. The van der Waals surface area contributed by atoms with E-state index < -0.39 is 0 Å². The first kappa shape index (κ1) is 16.7. The first-order valence-electron chi connectivity index (χ1n) is 8.15. The van der Waals surface area contributed by atoms with E-state index >= 15 is 0 Å². The summed E-state index contributed by atoms with van der Waals surface area (Å²) in [5.74, 6) is 1.54. The molecule has 0 radical (unpaired) electrons. The fraction of sp³-hybridized carbons (Fsp3) is 0.250. The number of rotatable bonds is 6. The van der Waals surface area contributed by atoms with Gasteiger partial charge in [-0.05, 0) is 49.2 Å². The first-order valence-corrected chi connectivity index (χ1v) is 8.97. The zero-order valence-corrected chi connectivity index (χ0v) is 14.7. The lowest BCUT2D eigenvalue weighted by molar-refractivity contribution is 0.104. The fourth-order valence-electron chi connectivity index (χ4n) is 2.50. The molecule has 0 amide bonds. The summed E-state index contributed by atoms with van der Waals surface area (Å²) in [5.41, 5.74) is 1.72. The second kappa shape index (κ2) is 7.58. The molecule has 2 aromatic carbocycles. The van der Waals surface area contributed by atoms with Gasteiger partial charge in [0.1, 0.15) is 0 Å². The molecule has 1 aliphatic rings. The van der Waals surface area contributed by atoms with Gasteiger partial charge in [0, 0.05) is 10.5 Å². The number of carbonyl (C=O) groups is 1. The molecule has 1 heterocycles. The molecule has 24 heavy (non-hydrogen) atoms. The Morgan fingerprint density at radius 3 is 2.62 bits per heavy atom. The topological polar surface area (TPSA) is 35.5 Å². The predicted octanol–water partition coefficient (Wildman–Crippen LogP) is 5.20. The van der Waals surface area contributed by atoms with Gasteiger partial charge in [0.2, 0.25) is 5.78 Å². The third-order valence-corrected chi connectivity index (χ3v) is 4.70. The number of fused-ring (bicyclic) bond motifs is 1. The van der Waals surface area contributed by atoms with Gasteiger partial charge in [-0.2, -0.15) is 0 Å². The summed E-state index contributed by atoms with van der Waals surface area (Å²) in [7, 11) is 0. The van der Waals surface area contributed by atoms with Crippen molar-refractivity contribution < 1.29 is 14.3 Å². The molecule has 2 aromatic rings. The zero-order valence-electron chi connectivity index (χ0n) is 13.9. The second-order valence-electron chi connectivity index (χ2n) is 5.42. The van der Waals surface area contributed by atoms with Crippen molar-refractivity contribution in [1.29, 1.82) is 0 Å². The van der Waals surface area contributed by atoms with E-state index in [0.29, 0.717) is 19.0 Å². The van der Waals surface area contributed by atoms with Crippen LogP contribution < -0.4 is 9.47 Å². The van der Waals surface area contributed by atoms with Gasteiger partial charge in [-0.1, -0.05) is 36.9 Å². The summed E-state index contributed by atoms with van der Waals surface area (Å²) < 4.78 is 11.4. The molecule has 0 saturated heterocycles. The quantitative estimate of drug-likeness (QED) is 0.677. The largest absolute Gasteiger partial charge is 0.490 e. The van der Waals surface area contributed by atoms with Crippen LogP contribution in [0.5, 0.6) is 11.5 Å². The smallest absolute Gasteiger partial charge is 0.200 e. The molecule has 0 spiro atoms. The Kier molecular flexibility index (Phi) is 5.26. The minimum atomic E-state index is 0.0832. The van der Waals surface area contributed by atoms with Crippen LogP contribution >= 0.6 is 11.8 Å². The third kappa shape index (κ3) is 3.49. The Morgan fingerprint density at radius 2 is 1.88 bits per heavy atom. The highest BCUT2D eigenvalue weighted by Crippen LogP contribution is 2.41. The molecule has 0 unspecified atom stereocenters. The third-order valence-electron chi connectivity index (χ3n) is 3.60. The minimum absolute atomic E-state index is 0.0832. The number of hydrogen-bond donors (Lipinski definition) is 0. The van der Waals surface area contributed by atoms with Crippen LogP contribution in [0.25, 0.3) is 6.08 Å². The molecule has 3 nitrogen and oxygen atoms in total. The van der Waals surface area contributed by atoms with Gasteiger partial charge < -0.3 is 9.47 Å². The number of benzene rings is 2. The van der Waals surface area contributed by atoms with Crippen molar-refractivity contribution in [3.05, 3.63) is 58.5 Å². The SMILES string of the molecule is CCCOc1ccc(/C=C2/Sc3ccccc3C2=O)cc1OCC. The van der Waals surface area contributed by atoms with Gasteiger partial charge in [-0.15, -0.1) is 0 Å². The maximum Gasteiger partial charge on any atom is 0.200 e. The summed E-state index contributed by atoms with van der Waals surface area (Å²) in [5, 5.41) is 0. The van der Waals surface area contributed by atoms with Crippen molar-refractivity contribution in [1.82, 2.24) is 0 Å². The van der Waals surface area contributed by atoms with E-state index in [2.05, 4.69) is 6.92 Å². The van der Waals surface area contributed by atoms with E-state index in [1.807, 2.05) is 55.5 Å². The van der Waals surface area contributed by atoms with Gasteiger partial charge in [-0.3, -0.25) is 4.79 Å². The molecular formula is C20H20O3S. The molecular weight excluding hydrogens is 320 g/mol. The molecule has 0 N–H and O–H groups in total. The lowest BCUT2D eigenvalue weighted by Crippen LogP contribution is -2.00. The van der Waals surface area contributed by atoms with Gasteiger partial charge in [0.25, 0.3) is 0 Å². The van der Waals surface area contributed by atoms with Crippen molar-refractivity contribution in [3.8, 4) is 11.5 Å². The minimum Gasteiger partial charge on any atom is -0.490 e. The van der Waals surface area contributed by atoms with Crippen LogP contribution in [0.2, 0.25) is 0 Å². The number of ether oxygens (including phenoxy) is 2. The predicted molar refractivity (Wildman–Crippen MR) is 98.0 cm³/mol. The molecule has 4 heteroatoms. The number of hydrogen-bond acceptors (Lipinski definition) is 4. The Labute approximate surface area is 146 Å². The molecule has 124 valence electrons. The Bertz CT molecular complexity index is 780. The Hall–Kier alpha value is -2.20. The zero-order chi connectivity index (χ0) is 16.9. The monoisotopic (exact) mass is 340 g/mol. The normalized spacial score (nSPS) is 14.8. The average molecular weight is 340 g/mol. The summed E-state index contributed by atoms with van der Waals surface area (Å²) in [6, 6.07) is 13.5. The van der Waals surface area contributed by atoms with Crippen LogP contribution in [0.4, 0.5) is 0 Å². The van der Waals surface area contributed by atoms with E-state index in [0.717, 1.165) is 33.1 Å². The lowest BCUT2D eigenvalue weighted by Gasteiger charge is -2.12. The van der Waals surface area contributed by atoms with Crippen molar-refractivity contribution in [2.45, 2.75) is 25.2 Å². The van der Waals surface area contributed by atoms with E-state index in [4.69, 9.17) is 9.47 Å². The Morgan fingerprint density at radius 1 is 1.04 bits per heavy atom. The highest BCUT2D eigenvalue weighted by molar-refractivity contribution is 8.04. The van der Waals surface area contributed by atoms with E-state index in [-0.39, 0.29) is 5.78 Å². The molecule has 0 fully saturated rings. The molecule has 1 aliphatic heterocycles. The second-order valence-corrected chi connectivity index (χ2v) is 6.51. The lowest BCUT2D eigenvalue weighted by atomic mass is 10.1. The molecule has 0 bridgehead atoms. The van der Waals surface area contributed by atoms with Crippen molar-refractivity contribution in [2.24, 2.45) is 0 Å². The van der Waals surface area contributed by atoms with Gasteiger partial charge in [-0.25, -0.2) is 0 Å². The van der Waals surface area contributed by atoms with Crippen LogP contribution in [0.15, 0.2) is 52.3 Å². The first-order chi connectivity index (χ1) is 11.7. The van der Waals surface area contributed by atoms with Crippen LogP contribution in [-0.2, 0) is 0 Å². The molecule has 0 atom stereocenters. The van der Waals surface area contributed by atoms with Crippen LogP contribution in [0.3, 0.4) is 0 Å². The maximum atomic E-state index is 12.5. The van der Waals surface area contributed by atoms with Gasteiger partial charge >= 0.3 is 0 Å². The Balaban J connectivity index is 1.88. The van der Waals surface area contributed by atoms with Crippen LogP contribution in [-0.4, -0.2) is 19.0 Å². The number of allylic oxidation sites excluding steroid dienone is 1. The summed E-state index contributed by atoms with van der Waals surface area (Å²) >= 11 is 1.52. The van der Waals surface area contributed by atoms with Crippen LogP contribution in [0.1, 0.15) is 36.2 Å². The summed E-state index contributed by atoms with van der Waals surface area (Å²) in [4.78, 5) is 14.2. The van der Waals surface area contributed by atoms with E-state index in [1.165, 1.54) is 11.8 Å². The number of carbonyl (C=O) groups excluding carboxylic acids is 1. The van der Waals surface area contributed by atoms with E-state index in [9.17, 15) is 4.79 Å². The fourth-order valence-corrected chi connectivity index (χ4v) is 3.55. The average Bonchev–Trinajstić information content (AvgIpc) is 2.91. The van der Waals surface area contributed by atoms with Gasteiger partial charge in [0.05, 0.1) is 18.1 Å². The highest BCUT2D eigenvalue weighted by Gasteiger charge is 2.25. The molecule has 0 aliphatic carbocycles.